The van der Waals surface area contributed by atoms with Gasteiger partial charge in [-0.1, -0.05) is 6.92 Å². The first kappa shape index (κ1) is 8.43. The number of hydrogen-bond donors (Lipinski definition) is 2. The summed E-state index contributed by atoms with van der Waals surface area (Å²) in [5.41, 5.74) is 5.94. The van der Waals surface area contributed by atoms with Gasteiger partial charge in [0.25, 0.3) is 0 Å². The maximum absolute atomic E-state index is 3.90. The van der Waals surface area contributed by atoms with Gasteiger partial charge in [-0.2, -0.15) is 0 Å². The van der Waals surface area contributed by atoms with E-state index in [0.29, 0.717) is 0 Å². The molecule has 0 atom stereocenters. The number of nitrogens with one attached hydrogen (secondary N) is 2. The number of rotatable bonds is 3. The van der Waals surface area contributed by atoms with E-state index in [1.807, 2.05) is 6.92 Å². The van der Waals surface area contributed by atoms with Crippen molar-refractivity contribution in [2.45, 2.75) is 20.3 Å². The molecule has 0 aliphatic rings. The summed E-state index contributed by atoms with van der Waals surface area (Å²) < 4.78 is 0. The lowest BCUT2D eigenvalue weighted by Gasteiger charge is -2.03. The molecular weight excluding hydrogens is 114 g/mol. The highest BCUT2D eigenvalue weighted by Crippen LogP contribution is 1.67. The third kappa shape index (κ3) is 5.30. The second kappa shape index (κ2) is 5.56. The molecule has 0 aliphatic carbocycles. The van der Waals surface area contributed by atoms with E-state index in [4.69, 9.17) is 0 Å². The second-order valence-electron chi connectivity index (χ2n) is 1.86. The molecule has 3 heteroatoms. The van der Waals surface area contributed by atoms with Crippen LogP contribution in [0.1, 0.15) is 23.1 Å². The predicted octanol–water partition coefficient (Wildman–Crippen LogP) is 1.03. The van der Waals surface area contributed by atoms with Gasteiger partial charge in [0.2, 0.25) is 0 Å². The SMILES string of the molecule is CCCNNC(C)=NC.[HH].[HH]. The summed E-state index contributed by atoms with van der Waals surface area (Å²) in [7, 11) is 1.76. The van der Waals surface area contributed by atoms with Crippen molar-refractivity contribution in [2.24, 2.45) is 4.99 Å². The highest BCUT2D eigenvalue weighted by atomic mass is 15.4. The number of nitrogens with zero attached hydrogens (tertiary/aromatic N) is 1. The van der Waals surface area contributed by atoms with Crippen LogP contribution in [0.3, 0.4) is 0 Å². The van der Waals surface area contributed by atoms with Crippen molar-refractivity contribution in [1.29, 1.82) is 0 Å². The number of hydrazine groups is 1. The van der Waals surface area contributed by atoms with Crippen LogP contribution in [0.5, 0.6) is 0 Å². The molecule has 0 bridgehead atoms. The lowest BCUT2D eigenvalue weighted by Crippen LogP contribution is -2.36. The predicted molar refractivity (Wildman–Crippen MR) is 44.7 cm³/mol. The first-order valence-corrected chi connectivity index (χ1v) is 3.23. The van der Waals surface area contributed by atoms with Gasteiger partial charge in [0, 0.05) is 16.4 Å². The fraction of sp³-hybridized carbons (Fsp3) is 0.833. The monoisotopic (exact) mass is 133 g/mol. The van der Waals surface area contributed by atoms with Gasteiger partial charge >= 0.3 is 0 Å². The number of aliphatic imine (C=N–C) groups is 1. The molecule has 0 radical (unpaired) electrons. The van der Waals surface area contributed by atoms with Crippen LogP contribution < -0.4 is 10.9 Å². The fourth-order valence-electron chi connectivity index (χ4n) is 0.371. The van der Waals surface area contributed by atoms with E-state index in [1.165, 1.54) is 0 Å². The molecular formula is C6H19N3. The Balaban J connectivity index is -0.000000320. The van der Waals surface area contributed by atoms with Crippen molar-refractivity contribution in [2.75, 3.05) is 13.6 Å². The zero-order valence-corrected chi connectivity index (χ0v) is 6.36. The topological polar surface area (TPSA) is 36.4 Å². The molecule has 0 aromatic heterocycles. The van der Waals surface area contributed by atoms with Crippen molar-refractivity contribution in [3.63, 3.8) is 0 Å². The van der Waals surface area contributed by atoms with Gasteiger partial charge < -0.3 is 5.43 Å². The summed E-state index contributed by atoms with van der Waals surface area (Å²) in [6.45, 7) is 5.02. The Labute approximate surface area is 59.5 Å². The number of amidine groups is 1. The van der Waals surface area contributed by atoms with Gasteiger partial charge in [-0.05, 0) is 13.3 Å². The molecule has 0 spiro atoms. The molecule has 0 saturated heterocycles. The molecule has 3 nitrogen and oxygen atoms in total. The summed E-state index contributed by atoms with van der Waals surface area (Å²) in [6.07, 6.45) is 1.13. The van der Waals surface area contributed by atoms with Crippen LogP contribution in [0.25, 0.3) is 0 Å². The molecule has 0 aromatic rings. The molecule has 0 rings (SSSR count). The van der Waals surface area contributed by atoms with Crippen LogP contribution in [0.15, 0.2) is 4.99 Å². The van der Waals surface area contributed by atoms with Crippen molar-refractivity contribution in [1.82, 2.24) is 10.9 Å². The third-order valence-electron chi connectivity index (χ3n) is 0.980. The summed E-state index contributed by atoms with van der Waals surface area (Å²) in [6, 6.07) is 0. The normalized spacial score (nSPS) is 11.7. The number of hydrogen-bond acceptors (Lipinski definition) is 2. The summed E-state index contributed by atoms with van der Waals surface area (Å²) in [4.78, 5) is 3.90. The Kier molecular flexibility index (Phi) is 5.21. The lowest BCUT2D eigenvalue weighted by molar-refractivity contribution is 0.638. The van der Waals surface area contributed by atoms with Gasteiger partial charge in [-0.25, -0.2) is 5.43 Å². The smallest absolute Gasteiger partial charge is 0.107 e. The van der Waals surface area contributed by atoms with E-state index >= 15 is 0 Å². The van der Waals surface area contributed by atoms with Crippen molar-refractivity contribution >= 4 is 5.84 Å². The molecule has 0 aromatic carbocycles. The molecule has 9 heavy (non-hydrogen) atoms. The molecule has 0 saturated carbocycles. The molecule has 2 N–H and O–H groups in total. The molecule has 0 unspecified atom stereocenters. The van der Waals surface area contributed by atoms with E-state index in [0.717, 1.165) is 18.8 Å². The minimum absolute atomic E-state index is 0. The zero-order valence-electron chi connectivity index (χ0n) is 6.36. The Bertz CT molecular complexity index is 95.8. The van der Waals surface area contributed by atoms with Gasteiger partial charge in [0.1, 0.15) is 5.84 Å². The van der Waals surface area contributed by atoms with E-state index in [-0.39, 0.29) is 2.85 Å². The van der Waals surface area contributed by atoms with Crippen LogP contribution in [0.2, 0.25) is 0 Å². The molecule has 58 valence electrons. The van der Waals surface area contributed by atoms with Crippen LogP contribution in [-0.4, -0.2) is 19.4 Å². The lowest BCUT2D eigenvalue weighted by atomic mass is 10.5. The summed E-state index contributed by atoms with van der Waals surface area (Å²) in [5, 5.41) is 0. The maximum atomic E-state index is 3.90. The van der Waals surface area contributed by atoms with E-state index in [9.17, 15) is 0 Å². The van der Waals surface area contributed by atoms with Gasteiger partial charge in [-0.3, -0.25) is 4.99 Å². The second-order valence-corrected chi connectivity index (χ2v) is 1.86. The van der Waals surface area contributed by atoms with Crippen molar-refractivity contribution < 1.29 is 2.85 Å². The standard InChI is InChI=1S/C6H15N3.2H2/c1-4-5-8-9-6(2)7-3;;/h8H,4-5H2,1-3H3,(H,7,9);2*1H. The van der Waals surface area contributed by atoms with Gasteiger partial charge in [-0.15, -0.1) is 0 Å². The van der Waals surface area contributed by atoms with Crippen LogP contribution in [-0.2, 0) is 0 Å². The fourth-order valence-corrected chi connectivity index (χ4v) is 0.371. The maximum Gasteiger partial charge on any atom is 0.107 e. The first-order chi connectivity index (χ1) is 4.31. The van der Waals surface area contributed by atoms with Crippen LogP contribution >= 0.6 is 0 Å². The van der Waals surface area contributed by atoms with E-state index in [1.54, 1.807) is 7.05 Å². The van der Waals surface area contributed by atoms with Crippen LogP contribution in [0.4, 0.5) is 0 Å². The Morgan fingerprint density at radius 3 is 2.78 bits per heavy atom. The third-order valence-corrected chi connectivity index (χ3v) is 0.980. The quantitative estimate of drug-likeness (QED) is 0.261. The highest BCUT2D eigenvalue weighted by Gasteiger charge is 1.82. The van der Waals surface area contributed by atoms with Crippen LogP contribution in [0, 0.1) is 0 Å². The van der Waals surface area contributed by atoms with Crippen molar-refractivity contribution in [3.05, 3.63) is 0 Å². The highest BCUT2D eigenvalue weighted by molar-refractivity contribution is 5.78. The Morgan fingerprint density at radius 1 is 1.67 bits per heavy atom. The minimum atomic E-state index is 0. The molecule has 0 amide bonds. The summed E-state index contributed by atoms with van der Waals surface area (Å²) in [5.74, 6) is 0.920. The van der Waals surface area contributed by atoms with Gasteiger partial charge in [0.05, 0.1) is 0 Å². The molecule has 0 fully saturated rings. The minimum Gasteiger partial charge on any atom is -0.310 e. The zero-order chi connectivity index (χ0) is 7.11. The van der Waals surface area contributed by atoms with E-state index in [2.05, 4.69) is 22.8 Å². The average Bonchev–Trinajstić information content (AvgIpc) is 1.89. The first-order valence-electron chi connectivity index (χ1n) is 3.23. The van der Waals surface area contributed by atoms with E-state index < -0.39 is 0 Å². The Morgan fingerprint density at radius 2 is 2.33 bits per heavy atom. The molecule has 0 aliphatic heterocycles. The molecule has 0 heterocycles. The average molecular weight is 133 g/mol. The largest absolute Gasteiger partial charge is 0.310 e. The summed E-state index contributed by atoms with van der Waals surface area (Å²) >= 11 is 0. The Hall–Kier alpha value is -0.570. The van der Waals surface area contributed by atoms with Gasteiger partial charge in [0.15, 0.2) is 0 Å². The van der Waals surface area contributed by atoms with Crippen molar-refractivity contribution in [3.8, 4) is 0 Å².